The number of nitrogens with zero attached hydrogens (tertiary/aromatic N) is 3. The number of pyridine rings is 1. The molecule has 3 heterocycles. The van der Waals surface area contributed by atoms with E-state index in [2.05, 4.69) is 50.1 Å². The van der Waals surface area contributed by atoms with Crippen molar-refractivity contribution in [3.8, 4) is 0 Å². The van der Waals surface area contributed by atoms with E-state index in [4.69, 9.17) is 10.8 Å². The number of sulfonamides is 1. The van der Waals surface area contributed by atoms with Crippen LogP contribution in [0.1, 0.15) is 70.6 Å². The molecular formula is C50H53N5O7S. The van der Waals surface area contributed by atoms with E-state index in [0.717, 1.165) is 38.0 Å². The summed E-state index contributed by atoms with van der Waals surface area (Å²) < 4.78 is 25.8. The molecule has 0 unspecified atom stereocenters. The molecule has 0 saturated carbocycles. The zero-order chi connectivity index (χ0) is 45.9. The van der Waals surface area contributed by atoms with Crippen LogP contribution in [-0.2, 0) is 19.6 Å². The lowest BCUT2D eigenvalue weighted by Gasteiger charge is -2.32. The number of anilines is 3. The van der Waals surface area contributed by atoms with Gasteiger partial charge in [-0.15, -0.1) is 0 Å². The standard InChI is InChI=1S/C20H28O2.C15H13N3O4S.C15H12N2O/c1-15(8-6-9-16(2)14-19(21)22)11-12-18-17(3)10-7-13-20(18,4)5;1-18-13(15(20)17-12-8-4-5-9-16-12)14(19)10-6-2-3-7-11(10)23(18,21)22;16-15(18)17-13-7-3-1-5-11(13)9-10-12-6-2-4-8-14(12)17/h6,8-9,11-12,14H,7,10,13H2,1-5H3,(H,21,22);2-9,19H,1H3,(H,16,17,20);1-10H,(H2,16,18)/b9-6+,12-11+,15-8+,16-14+;;. The van der Waals surface area contributed by atoms with Crippen molar-refractivity contribution in [2.24, 2.45) is 11.1 Å². The zero-order valence-electron chi connectivity index (χ0n) is 36.2. The number of urea groups is 1. The summed E-state index contributed by atoms with van der Waals surface area (Å²) in [5.74, 6) is -1.82. The first-order valence-electron chi connectivity index (χ1n) is 20.3. The minimum Gasteiger partial charge on any atom is -0.505 e. The fraction of sp³-hybridized carbons (Fsp3) is 0.200. The van der Waals surface area contributed by atoms with Crippen LogP contribution in [0.3, 0.4) is 0 Å². The Labute approximate surface area is 369 Å². The molecule has 12 nitrogen and oxygen atoms in total. The third-order valence-electron chi connectivity index (χ3n) is 10.6. The molecule has 3 amide bonds. The molecule has 13 heteroatoms. The number of carbonyl (C=O) groups excluding carboxylic acids is 2. The van der Waals surface area contributed by atoms with Crippen LogP contribution < -0.4 is 16.0 Å². The number of aliphatic hydroxyl groups is 1. The molecule has 0 saturated heterocycles. The number of para-hydroxylation sites is 2. The number of amides is 3. The third-order valence-corrected chi connectivity index (χ3v) is 12.4. The first-order valence-corrected chi connectivity index (χ1v) is 21.7. The van der Waals surface area contributed by atoms with Gasteiger partial charge in [0, 0.05) is 24.9 Å². The fourth-order valence-electron chi connectivity index (χ4n) is 7.38. The lowest BCUT2D eigenvalue weighted by atomic mass is 9.72. The van der Waals surface area contributed by atoms with Crippen molar-refractivity contribution < 1.29 is 33.0 Å². The molecule has 3 aromatic carbocycles. The highest BCUT2D eigenvalue weighted by molar-refractivity contribution is 7.89. The largest absolute Gasteiger partial charge is 0.505 e. The first kappa shape index (κ1) is 46.8. The van der Waals surface area contributed by atoms with Crippen molar-refractivity contribution in [3.05, 3.63) is 178 Å². The van der Waals surface area contributed by atoms with E-state index in [1.165, 1.54) is 61.9 Å². The molecule has 1 aromatic heterocycles. The van der Waals surface area contributed by atoms with E-state index in [1.807, 2.05) is 72.8 Å². The number of hydrogen-bond acceptors (Lipinski definition) is 7. The summed E-state index contributed by atoms with van der Waals surface area (Å²) in [5, 5.41) is 21.5. The second-order valence-corrected chi connectivity index (χ2v) is 17.7. The maximum absolute atomic E-state index is 12.5. The Kier molecular flexibility index (Phi) is 15.3. The highest BCUT2D eigenvalue weighted by atomic mass is 32.2. The van der Waals surface area contributed by atoms with Gasteiger partial charge in [-0.2, -0.15) is 0 Å². The van der Waals surface area contributed by atoms with Crippen molar-refractivity contribution in [2.75, 3.05) is 17.3 Å². The minimum absolute atomic E-state index is 0.0469. The van der Waals surface area contributed by atoms with E-state index in [-0.39, 0.29) is 27.4 Å². The normalized spacial score (nSPS) is 16.5. The molecule has 0 radical (unpaired) electrons. The van der Waals surface area contributed by atoms with E-state index in [9.17, 15) is 27.9 Å². The second-order valence-electron chi connectivity index (χ2n) is 15.7. The number of benzene rings is 3. The Hall–Kier alpha value is -7.25. The van der Waals surface area contributed by atoms with E-state index in [1.54, 1.807) is 48.2 Å². The number of hydrogen-bond donors (Lipinski definition) is 4. The van der Waals surface area contributed by atoms with Crippen LogP contribution in [0, 0.1) is 5.41 Å². The second kappa shape index (κ2) is 20.5. The minimum atomic E-state index is -3.91. The predicted octanol–water partition coefficient (Wildman–Crippen LogP) is 10.6. The van der Waals surface area contributed by atoms with Crippen LogP contribution in [0.25, 0.3) is 17.9 Å². The van der Waals surface area contributed by atoms with Gasteiger partial charge in [-0.25, -0.2) is 23.0 Å². The topological polar surface area (TPSA) is 183 Å². The molecule has 4 aromatic rings. The summed E-state index contributed by atoms with van der Waals surface area (Å²) >= 11 is 0. The van der Waals surface area contributed by atoms with Crippen LogP contribution in [0.2, 0.25) is 0 Å². The monoisotopic (exact) mass is 867 g/mol. The fourth-order valence-corrected chi connectivity index (χ4v) is 8.78. The molecular weight excluding hydrogens is 815 g/mol. The maximum atomic E-state index is 12.5. The number of rotatable bonds is 7. The summed E-state index contributed by atoms with van der Waals surface area (Å²) in [6.45, 7) is 10.7. The molecule has 7 rings (SSSR count). The highest BCUT2D eigenvalue weighted by Gasteiger charge is 2.38. The summed E-state index contributed by atoms with van der Waals surface area (Å²) in [6, 6.07) is 25.8. The summed E-state index contributed by atoms with van der Waals surface area (Å²) in [7, 11) is -2.69. The van der Waals surface area contributed by atoms with E-state index in [0.29, 0.717) is 0 Å². The number of aromatic nitrogens is 1. The molecule has 5 N–H and O–H groups in total. The molecule has 3 aliphatic rings. The number of nitrogens with one attached hydrogen (secondary N) is 1. The first-order chi connectivity index (χ1) is 29.9. The summed E-state index contributed by atoms with van der Waals surface area (Å²) in [6.07, 6.45) is 20.5. The van der Waals surface area contributed by atoms with Crippen molar-refractivity contribution >= 4 is 63.0 Å². The van der Waals surface area contributed by atoms with Crippen LogP contribution in [-0.4, -0.2) is 52.9 Å². The van der Waals surface area contributed by atoms with Crippen molar-refractivity contribution in [3.63, 3.8) is 0 Å². The van der Waals surface area contributed by atoms with Crippen molar-refractivity contribution in [2.45, 2.75) is 58.8 Å². The van der Waals surface area contributed by atoms with Crippen LogP contribution >= 0.6 is 0 Å². The molecule has 63 heavy (non-hydrogen) atoms. The molecule has 0 spiro atoms. The molecule has 326 valence electrons. The number of primary amides is 1. The number of aliphatic hydroxyl groups excluding tert-OH is 1. The summed E-state index contributed by atoms with van der Waals surface area (Å²) in [5.41, 5.74) is 13.9. The Balaban J connectivity index is 0.000000179. The number of carbonyl (C=O) groups is 3. The zero-order valence-corrected chi connectivity index (χ0v) is 37.1. The van der Waals surface area contributed by atoms with Gasteiger partial charge in [-0.3, -0.25) is 14.0 Å². The van der Waals surface area contributed by atoms with Gasteiger partial charge in [0.2, 0.25) is 0 Å². The number of aliphatic carboxylic acids is 1. The Bertz CT molecular complexity index is 2660. The Morgan fingerprint density at radius 2 is 1.46 bits per heavy atom. The average molecular weight is 868 g/mol. The van der Waals surface area contributed by atoms with E-state index >= 15 is 0 Å². The Morgan fingerprint density at radius 1 is 0.857 bits per heavy atom. The molecule has 2 aliphatic heterocycles. The van der Waals surface area contributed by atoms with Crippen molar-refractivity contribution in [1.82, 2.24) is 9.29 Å². The lowest BCUT2D eigenvalue weighted by Crippen LogP contribution is -2.37. The van der Waals surface area contributed by atoms with Gasteiger partial charge in [0.05, 0.1) is 16.3 Å². The van der Waals surface area contributed by atoms with Gasteiger partial charge in [0.1, 0.15) is 5.82 Å². The number of allylic oxidation sites excluding steroid dienone is 9. The van der Waals surface area contributed by atoms with Crippen LogP contribution in [0.5, 0.6) is 0 Å². The van der Waals surface area contributed by atoms with Gasteiger partial charge in [0.15, 0.2) is 11.5 Å². The summed E-state index contributed by atoms with van der Waals surface area (Å²) in [4.78, 5) is 40.1. The maximum Gasteiger partial charge on any atom is 0.328 e. The number of likely N-dealkylation sites (N-methyl/N-ethyl adjacent to an activating group) is 1. The van der Waals surface area contributed by atoms with Gasteiger partial charge in [0.25, 0.3) is 15.9 Å². The van der Waals surface area contributed by atoms with Crippen LogP contribution in [0.15, 0.2) is 167 Å². The highest BCUT2D eigenvalue weighted by Crippen LogP contribution is 2.41. The van der Waals surface area contributed by atoms with Gasteiger partial charge in [-0.05, 0) is 104 Å². The SMILES string of the molecule is CC1=C(/C=C/C(C)=C/C=C/C(C)=C/C(=O)O)C(C)(C)CCC1.CN1C(C(=O)Nc2ccccn2)=C(O)c2ccccc2S1(=O)=O.NC(=O)N1c2ccccc2C=Cc2ccccc21. The number of carboxylic acids is 1. The molecule has 1 aliphatic carbocycles. The number of nitrogens with two attached hydrogens (primary N) is 1. The van der Waals surface area contributed by atoms with Gasteiger partial charge in [-0.1, -0.05) is 122 Å². The number of carboxylic acid groups (broad SMARTS) is 1. The van der Waals surface area contributed by atoms with Gasteiger partial charge >= 0.3 is 12.0 Å². The van der Waals surface area contributed by atoms with Crippen LogP contribution in [0.4, 0.5) is 22.0 Å². The van der Waals surface area contributed by atoms with Crippen molar-refractivity contribution in [1.29, 1.82) is 0 Å². The Morgan fingerprint density at radius 3 is 2.05 bits per heavy atom. The molecule has 0 bridgehead atoms. The number of fused-ring (bicyclic) bond motifs is 3. The smallest absolute Gasteiger partial charge is 0.328 e. The average Bonchev–Trinajstić information content (AvgIpc) is 3.41. The quantitative estimate of drug-likeness (QED) is 0.104. The molecule has 0 fully saturated rings. The van der Waals surface area contributed by atoms with Gasteiger partial charge < -0.3 is 21.3 Å². The predicted molar refractivity (Wildman–Crippen MR) is 251 cm³/mol. The third kappa shape index (κ3) is 11.6. The molecule has 0 atom stereocenters. The van der Waals surface area contributed by atoms with E-state index < -0.39 is 33.7 Å². The lowest BCUT2D eigenvalue weighted by molar-refractivity contribution is -0.131.